The summed E-state index contributed by atoms with van der Waals surface area (Å²) in [6.07, 6.45) is 6.12. The summed E-state index contributed by atoms with van der Waals surface area (Å²) in [6, 6.07) is 17.0. The normalized spacial score (nSPS) is 12.1. The predicted octanol–water partition coefficient (Wildman–Crippen LogP) is 3.75. The van der Waals surface area contributed by atoms with Gasteiger partial charge in [0.15, 0.2) is 0 Å². The predicted molar refractivity (Wildman–Crippen MR) is 103 cm³/mol. The van der Waals surface area contributed by atoms with Gasteiger partial charge in [-0.15, -0.1) is 0 Å². The number of rotatable bonds is 6. The molecule has 1 aromatic heterocycles. The van der Waals surface area contributed by atoms with Crippen molar-refractivity contribution in [1.29, 1.82) is 0 Å². The maximum Gasteiger partial charge on any atom is 0.244 e. The number of amides is 1. The summed E-state index contributed by atoms with van der Waals surface area (Å²) < 4.78 is 13.6. The van der Waals surface area contributed by atoms with Crippen LogP contribution in [0.4, 0.5) is 4.39 Å². The fourth-order valence-electron chi connectivity index (χ4n) is 2.70. The Balaban J connectivity index is 1.74. The molecule has 27 heavy (non-hydrogen) atoms. The van der Waals surface area contributed by atoms with E-state index < -0.39 is 17.8 Å². The zero-order valence-corrected chi connectivity index (χ0v) is 14.5. The first-order valence-corrected chi connectivity index (χ1v) is 8.51. The molecule has 0 saturated carbocycles. The summed E-state index contributed by atoms with van der Waals surface area (Å²) >= 11 is 0. The Morgan fingerprint density at radius 1 is 1.11 bits per heavy atom. The largest absolute Gasteiger partial charge is 0.394 e. The molecule has 4 nitrogen and oxygen atoms in total. The quantitative estimate of drug-likeness (QED) is 0.657. The maximum absolute atomic E-state index is 13.6. The van der Waals surface area contributed by atoms with E-state index in [1.165, 1.54) is 18.2 Å². The second-order valence-corrected chi connectivity index (χ2v) is 5.97. The van der Waals surface area contributed by atoms with Gasteiger partial charge in [0.2, 0.25) is 5.91 Å². The Bertz CT molecular complexity index is 942. The Kier molecular flexibility index (Phi) is 6.07. The molecule has 1 amide bonds. The molecule has 3 aromatic rings. The fourth-order valence-corrected chi connectivity index (χ4v) is 2.70. The number of carbonyl (C=O) groups is 1. The number of aliphatic hydroxyl groups is 1. The SMILES string of the molecule is O=C(/C=C/c1ccccc1F)NC(CO)c1cccc(-c2cccnc2)c1. The number of hydrogen-bond acceptors (Lipinski definition) is 3. The summed E-state index contributed by atoms with van der Waals surface area (Å²) in [5.41, 5.74) is 2.98. The van der Waals surface area contributed by atoms with Gasteiger partial charge >= 0.3 is 0 Å². The monoisotopic (exact) mass is 362 g/mol. The Morgan fingerprint density at radius 2 is 1.93 bits per heavy atom. The Morgan fingerprint density at radius 3 is 2.67 bits per heavy atom. The first-order valence-electron chi connectivity index (χ1n) is 8.51. The van der Waals surface area contributed by atoms with Crippen molar-refractivity contribution in [3.05, 3.63) is 96.1 Å². The van der Waals surface area contributed by atoms with Crippen LogP contribution in [0.3, 0.4) is 0 Å². The molecule has 0 aliphatic rings. The number of benzene rings is 2. The number of aromatic nitrogens is 1. The second kappa shape index (κ2) is 8.87. The van der Waals surface area contributed by atoms with E-state index in [4.69, 9.17) is 0 Å². The van der Waals surface area contributed by atoms with Crippen LogP contribution in [0.15, 0.2) is 79.1 Å². The first-order chi connectivity index (χ1) is 13.2. The van der Waals surface area contributed by atoms with Crippen LogP contribution < -0.4 is 5.32 Å². The van der Waals surface area contributed by atoms with Gasteiger partial charge in [0.25, 0.3) is 0 Å². The van der Waals surface area contributed by atoms with Gasteiger partial charge in [0, 0.05) is 24.0 Å². The summed E-state index contributed by atoms with van der Waals surface area (Å²) in [4.78, 5) is 16.3. The van der Waals surface area contributed by atoms with E-state index >= 15 is 0 Å². The number of nitrogens with one attached hydrogen (secondary N) is 1. The standard InChI is InChI=1S/C22H19FN2O2/c23-20-9-2-1-5-16(20)10-11-22(27)25-21(15-26)18-7-3-6-17(13-18)19-8-4-12-24-14-19/h1-14,21,26H,15H2,(H,25,27)/b11-10+. The molecule has 3 rings (SSSR count). The summed E-state index contributed by atoms with van der Waals surface area (Å²) in [6.45, 7) is -0.254. The van der Waals surface area contributed by atoms with Crippen molar-refractivity contribution in [1.82, 2.24) is 10.3 Å². The molecule has 0 radical (unpaired) electrons. The minimum Gasteiger partial charge on any atom is -0.394 e. The van der Waals surface area contributed by atoms with Crippen LogP contribution in [0.2, 0.25) is 0 Å². The van der Waals surface area contributed by atoms with Gasteiger partial charge in [-0.05, 0) is 41.0 Å². The van der Waals surface area contributed by atoms with Crippen LogP contribution in [0, 0.1) is 5.82 Å². The molecule has 0 bridgehead atoms. The van der Waals surface area contributed by atoms with Crippen LogP contribution in [0.1, 0.15) is 17.2 Å². The highest BCUT2D eigenvalue weighted by Crippen LogP contribution is 2.22. The van der Waals surface area contributed by atoms with Crippen LogP contribution in [0.25, 0.3) is 17.2 Å². The molecule has 1 heterocycles. The van der Waals surface area contributed by atoms with Crippen molar-refractivity contribution in [3.8, 4) is 11.1 Å². The van der Waals surface area contributed by atoms with Crippen LogP contribution in [-0.2, 0) is 4.79 Å². The highest BCUT2D eigenvalue weighted by Gasteiger charge is 2.13. The van der Waals surface area contributed by atoms with E-state index in [0.29, 0.717) is 5.56 Å². The van der Waals surface area contributed by atoms with Gasteiger partial charge in [0.05, 0.1) is 12.6 Å². The molecule has 1 unspecified atom stereocenters. The van der Waals surface area contributed by atoms with E-state index in [9.17, 15) is 14.3 Å². The lowest BCUT2D eigenvalue weighted by atomic mass is 10.0. The Labute approximate surface area is 157 Å². The molecular weight excluding hydrogens is 343 g/mol. The molecule has 1 atom stereocenters. The van der Waals surface area contributed by atoms with Crippen LogP contribution in [0.5, 0.6) is 0 Å². The highest BCUT2D eigenvalue weighted by molar-refractivity contribution is 5.92. The summed E-state index contributed by atoms with van der Waals surface area (Å²) in [5.74, 6) is -0.812. The first kappa shape index (κ1) is 18.5. The topological polar surface area (TPSA) is 62.2 Å². The molecule has 5 heteroatoms. The van der Waals surface area contributed by atoms with Gasteiger partial charge in [-0.2, -0.15) is 0 Å². The van der Waals surface area contributed by atoms with Crippen molar-refractivity contribution >= 4 is 12.0 Å². The van der Waals surface area contributed by atoms with E-state index in [-0.39, 0.29) is 6.61 Å². The lowest BCUT2D eigenvalue weighted by Crippen LogP contribution is -2.29. The Hall–Kier alpha value is -3.31. The second-order valence-electron chi connectivity index (χ2n) is 5.97. The van der Waals surface area contributed by atoms with Gasteiger partial charge < -0.3 is 10.4 Å². The van der Waals surface area contributed by atoms with Gasteiger partial charge in [-0.3, -0.25) is 9.78 Å². The minimum atomic E-state index is -0.570. The minimum absolute atomic E-state index is 0.254. The molecular formula is C22H19FN2O2. The number of carbonyl (C=O) groups excluding carboxylic acids is 1. The van der Waals surface area contributed by atoms with Crippen LogP contribution >= 0.6 is 0 Å². The zero-order chi connectivity index (χ0) is 19.1. The van der Waals surface area contributed by atoms with Gasteiger partial charge in [-0.25, -0.2) is 4.39 Å². The van der Waals surface area contributed by atoms with Crippen molar-refractivity contribution < 1.29 is 14.3 Å². The maximum atomic E-state index is 13.6. The molecule has 0 spiro atoms. The lowest BCUT2D eigenvalue weighted by Gasteiger charge is -2.16. The number of aliphatic hydroxyl groups excluding tert-OH is 1. The third-order valence-corrected chi connectivity index (χ3v) is 4.10. The van der Waals surface area contributed by atoms with Crippen molar-refractivity contribution in [2.24, 2.45) is 0 Å². The third kappa shape index (κ3) is 4.86. The van der Waals surface area contributed by atoms with E-state index in [1.54, 1.807) is 30.6 Å². The van der Waals surface area contributed by atoms with E-state index in [1.807, 2.05) is 36.4 Å². The number of hydrogen-bond donors (Lipinski definition) is 2. The average molecular weight is 362 g/mol. The summed E-state index contributed by atoms with van der Waals surface area (Å²) in [7, 11) is 0. The number of pyridine rings is 1. The van der Waals surface area contributed by atoms with E-state index in [0.717, 1.165) is 16.7 Å². The molecule has 136 valence electrons. The highest BCUT2D eigenvalue weighted by atomic mass is 19.1. The molecule has 0 aliphatic heterocycles. The van der Waals surface area contributed by atoms with Crippen molar-refractivity contribution in [2.75, 3.05) is 6.61 Å². The number of halogens is 1. The smallest absolute Gasteiger partial charge is 0.244 e. The summed E-state index contributed by atoms with van der Waals surface area (Å²) in [5, 5.41) is 12.4. The van der Waals surface area contributed by atoms with Crippen molar-refractivity contribution in [3.63, 3.8) is 0 Å². The molecule has 0 fully saturated rings. The number of nitrogens with zero attached hydrogens (tertiary/aromatic N) is 1. The molecule has 2 N–H and O–H groups in total. The average Bonchev–Trinajstić information content (AvgIpc) is 2.72. The zero-order valence-electron chi connectivity index (χ0n) is 14.5. The molecule has 0 aliphatic carbocycles. The lowest BCUT2D eigenvalue weighted by molar-refractivity contribution is -0.117. The fraction of sp³-hybridized carbons (Fsp3) is 0.0909. The molecule has 0 saturated heterocycles. The van der Waals surface area contributed by atoms with Gasteiger partial charge in [0.1, 0.15) is 5.82 Å². The van der Waals surface area contributed by atoms with E-state index in [2.05, 4.69) is 10.3 Å². The van der Waals surface area contributed by atoms with Crippen LogP contribution in [-0.4, -0.2) is 22.6 Å². The van der Waals surface area contributed by atoms with Crippen molar-refractivity contribution in [2.45, 2.75) is 6.04 Å². The molecule has 2 aromatic carbocycles. The third-order valence-electron chi connectivity index (χ3n) is 4.10. The van der Waals surface area contributed by atoms with Gasteiger partial charge in [-0.1, -0.05) is 42.5 Å².